The number of nitrogens with one attached hydrogen (secondary N) is 1. The van der Waals surface area contributed by atoms with Gasteiger partial charge in [0.05, 0.1) is 11.5 Å². The molecule has 0 aliphatic carbocycles. The summed E-state index contributed by atoms with van der Waals surface area (Å²) in [4.78, 5) is 23.6. The molecule has 8 heteroatoms. The Morgan fingerprint density at radius 3 is 2.48 bits per heavy atom. The van der Waals surface area contributed by atoms with Crippen LogP contribution in [0.5, 0.6) is 0 Å². The molecule has 1 fully saturated rings. The molecule has 0 unspecified atom stereocenters. The predicted molar refractivity (Wildman–Crippen MR) is 93.8 cm³/mol. The van der Waals surface area contributed by atoms with Crippen LogP contribution in [-0.4, -0.2) is 56.6 Å². The summed E-state index contributed by atoms with van der Waals surface area (Å²) in [5.41, 5.74) is 0.522. The Bertz CT molecular complexity index is 716. The number of rotatable bonds is 9. The highest BCUT2D eigenvalue weighted by Crippen LogP contribution is 2.25. The average molecular weight is 368 g/mol. The van der Waals surface area contributed by atoms with Crippen LogP contribution in [0.3, 0.4) is 0 Å². The van der Waals surface area contributed by atoms with Gasteiger partial charge in [0.1, 0.15) is 13.3 Å². The molecule has 0 bridgehead atoms. The van der Waals surface area contributed by atoms with E-state index in [-0.39, 0.29) is 37.3 Å². The molecule has 0 aromatic heterocycles. The highest BCUT2D eigenvalue weighted by atomic mass is 32.2. The SMILES string of the molecule is CC(C)(CS(=O)(=O)CCCOCN1CC(=O)NC1=O)c1ccccc1. The van der Waals surface area contributed by atoms with Gasteiger partial charge in [0.2, 0.25) is 5.91 Å². The number of imide groups is 1. The Kier molecular flexibility index (Phi) is 6.18. The van der Waals surface area contributed by atoms with Crippen LogP contribution in [0.15, 0.2) is 30.3 Å². The molecule has 1 N–H and O–H groups in total. The van der Waals surface area contributed by atoms with E-state index in [0.717, 1.165) is 5.56 Å². The summed E-state index contributed by atoms with van der Waals surface area (Å²) >= 11 is 0. The molecule has 25 heavy (non-hydrogen) atoms. The molecule has 1 aliphatic heterocycles. The topological polar surface area (TPSA) is 92.8 Å². The van der Waals surface area contributed by atoms with E-state index < -0.39 is 21.3 Å². The number of carbonyl (C=O) groups excluding carboxylic acids is 2. The fourth-order valence-corrected chi connectivity index (χ4v) is 4.71. The maximum atomic E-state index is 12.4. The number of sulfone groups is 1. The number of urea groups is 1. The van der Waals surface area contributed by atoms with Gasteiger partial charge in [0.15, 0.2) is 9.84 Å². The van der Waals surface area contributed by atoms with E-state index >= 15 is 0 Å². The van der Waals surface area contributed by atoms with Gasteiger partial charge in [-0.25, -0.2) is 13.2 Å². The minimum atomic E-state index is -3.23. The van der Waals surface area contributed by atoms with Gasteiger partial charge >= 0.3 is 6.03 Å². The van der Waals surface area contributed by atoms with Crippen LogP contribution in [0, 0.1) is 0 Å². The Morgan fingerprint density at radius 1 is 1.20 bits per heavy atom. The van der Waals surface area contributed by atoms with Crippen molar-refractivity contribution in [2.75, 3.05) is 31.4 Å². The van der Waals surface area contributed by atoms with Crippen molar-refractivity contribution in [1.82, 2.24) is 10.2 Å². The lowest BCUT2D eigenvalue weighted by atomic mass is 9.87. The molecule has 0 saturated carbocycles. The van der Waals surface area contributed by atoms with Crippen molar-refractivity contribution in [2.45, 2.75) is 25.7 Å². The number of ether oxygens (including phenoxy) is 1. The summed E-state index contributed by atoms with van der Waals surface area (Å²) in [6, 6.07) is 9.08. The average Bonchev–Trinajstić information content (AvgIpc) is 2.84. The molecule has 1 saturated heterocycles. The normalized spacial score (nSPS) is 15.5. The number of hydrogen-bond acceptors (Lipinski definition) is 5. The zero-order valence-electron chi connectivity index (χ0n) is 14.5. The molecule has 2 rings (SSSR count). The maximum absolute atomic E-state index is 12.4. The molecule has 3 amide bonds. The Hall–Kier alpha value is -1.93. The maximum Gasteiger partial charge on any atom is 0.326 e. The summed E-state index contributed by atoms with van der Waals surface area (Å²) in [5, 5.41) is 2.15. The molecule has 1 heterocycles. The quantitative estimate of drug-likeness (QED) is 0.524. The van der Waals surface area contributed by atoms with Gasteiger partial charge in [0, 0.05) is 12.0 Å². The molecule has 1 aromatic carbocycles. The molecule has 1 aromatic rings. The molecule has 1 aliphatic rings. The van der Waals surface area contributed by atoms with Crippen LogP contribution < -0.4 is 5.32 Å². The van der Waals surface area contributed by atoms with Gasteiger partial charge in [-0.3, -0.25) is 15.0 Å². The third-order valence-corrected chi connectivity index (χ3v) is 6.07. The monoisotopic (exact) mass is 368 g/mol. The zero-order chi connectivity index (χ0) is 18.5. The van der Waals surface area contributed by atoms with E-state index in [9.17, 15) is 18.0 Å². The summed E-state index contributed by atoms with van der Waals surface area (Å²) in [5.74, 6) is -0.277. The van der Waals surface area contributed by atoms with Gasteiger partial charge < -0.3 is 4.74 Å². The largest absolute Gasteiger partial charge is 0.361 e. The number of benzene rings is 1. The standard InChI is InChI=1S/C17H24N2O5S/c1-17(2,14-7-4-3-5-8-14)12-25(22,23)10-6-9-24-13-19-11-15(20)18-16(19)21/h3-5,7-8H,6,9-13H2,1-2H3,(H,18,20,21). The lowest BCUT2D eigenvalue weighted by Gasteiger charge is -2.25. The predicted octanol–water partition coefficient (Wildman–Crippen LogP) is 1.29. The number of nitrogens with zero attached hydrogens (tertiary/aromatic N) is 1. The lowest BCUT2D eigenvalue weighted by Crippen LogP contribution is -2.31. The third-order valence-electron chi connectivity index (χ3n) is 4.00. The fourth-order valence-electron chi connectivity index (χ4n) is 2.74. The molecule has 0 atom stereocenters. The van der Waals surface area contributed by atoms with Crippen molar-refractivity contribution >= 4 is 21.8 Å². The first-order valence-electron chi connectivity index (χ1n) is 8.12. The first kappa shape index (κ1) is 19.4. The molecule has 7 nitrogen and oxygen atoms in total. The van der Waals surface area contributed by atoms with Gasteiger partial charge in [0.25, 0.3) is 0 Å². The van der Waals surface area contributed by atoms with E-state index in [0.29, 0.717) is 6.42 Å². The van der Waals surface area contributed by atoms with E-state index in [1.807, 2.05) is 44.2 Å². The Balaban J connectivity index is 1.74. The summed E-state index contributed by atoms with van der Waals surface area (Å²) in [7, 11) is -3.23. The van der Waals surface area contributed by atoms with Crippen LogP contribution in [-0.2, 0) is 24.8 Å². The van der Waals surface area contributed by atoms with Gasteiger partial charge in [-0.1, -0.05) is 44.2 Å². The second kappa shape index (κ2) is 7.97. The van der Waals surface area contributed by atoms with Gasteiger partial charge in [-0.05, 0) is 12.0 Å². The summed E-state index contributed by atoms with van der Waals surface area (Å²) < 4.78 is 30.0. The number of amides is 3. The van der Waals surface area contributed by atoms with Crippen molar-refractivity contribution in [3.63, 3.8) is 0 Å². The van der Waals surface area contributed by atoms with E-state index in [1.165, 1.54) is 4.90 Å². The van der Waals surface area contributed by atoms with E-state index in [4.69, 9.17) is 4.74 Å². The smallest absolute Gasteiger partial charge is 0.326 e. The van der Waals surface area contributed by atoms with Crippen LogP contribution >= 0.6 is 0 Å². The molecule has 0 spiro atoms. The van der Waals surface area contributed by atoms with E-state index in [1.54, 1.807) is 0 Å². The van der Waals surface area contributed by atoms with Crippen molar-refractivity contribution in [3.05, 3.63) is 35.9 Å². The van der Waals surface area contributed by atoms with Gasteiger partial charge in [-0.2, -0.15) is 0 Å². The minimum Gasteiger partial charge on any atom is -0.361 e. The van der Waals surface area contributed by atoms with Gasteiger partial charge in [-0.15, -0.1) is 0 Å². The first-order valence-corrected chi connectivity index (χ1v) is 9.94. The molecular formula is C17H24N2O5S. The summed E-state index contributed by atoms with van der Waals surface area (Å²) in [6.07, 6.45) is 0.344. The lowest BCUT2D eigenvalue weighted by molar-refractivity contribution is -0.118. The second-order valence-corrected chi connectivity index (χ2v) is 8.97. The van der Waals surface area contributed by atoms with Crippen LogP contribution in [0.4, 0.5) is 4.79 Å². The summed E-state index contributed by atoms with van der Waals surface area (Å²) in [6.45, 7) is 4.00. The molecule has 138 valence electrons. The van der Waals surface area contributed by atoms with E-state index in [2.05, 4.69) is 5.32 Å². The first-order chi connectivity index (χ1) is 11.7. The minimum absolute atomic E-state index is 0.0207. The van der Waals surface area contributed by atoms with Crippen LogP contribution in [0.2, 0.25) is 0 Å². The highest BCUT2D eigenvalue weighted by Gasteiger charge is 2.28. The van der Waals surface area contributed by atoms with Crippen LogP contribution in [0.25, 0.3) is 0 Å². The van der Waals surface area contributed by atoms with Crippen molar-refractivity contribution < 1.29 is 22.7 Å². The Labute approximate surface area is 148 Å². The van der Waals surface area contributed by atoms with Crippen molar-refractivity contribution in [1.29, 1.82) is 0 Å². The third kappa shape index (κ3) is 5.82. The van der Waals surface area contributed by atoms with Crippen molar-refractivity contribution in [3.8, 4) is 0 Å². The fraction of sp³-hybridized carbons (Fsp3) is 0.529. The zero-order valence-corrected chi connectivity index (χ0v) is 15.3. The number of hydrogen-bond donors (Lipinski definition) is 1. The Morgan fingerprint density at radius 2 is 1.88 bits per heavy atom. The number of carbonyl (C=O) groups is 2. The van der Waals surface area contributed by atoms with Crippen molar-refractivity contribution in [2.24, 2.45) is 0 Å². The molecular weight excluding hydrogens is 344 g/mol. The molecule has 0 radical (unpaired) electrons. The second-order valence-electron chi connectivity index (χ2n) is 6.78. The van der Waals surface area contributed by atoms with Crippen LogP contribution in [0.1, 0.15) is 25.8 Å². The highest BCUT2D eigenvalue weighted by molar-refractivity contribution is 7.91.